The first kappa shape index (κ1) is 7.31. The lowest BCUT2D eigenvalue weighted by Gasteiger charge is -2.48. The predicted molar refractivity (Wildman–Crippen MR) is 48.1 cm³/mol. The van der Waals surface area contributed by atoms with Crippen LogP contribution in [0.4, 0.5) is 0 Å². The van der Waals surface area contributed by atoms with Gasteiger partial charge in [0, 0.05) is 42.6 Å². The Morgan fingerprint density at radius 3 is 2.60 bits per heavy atom. The lowest BCUT2D eigenvalue weighted by Crippen LogP contribution is -2.60. The van der Waals surface area contributed by atoms with Gasteiger partial charge in [0.05, 0.1) is 5.60 Å². The van der Waals surface area contributed by atoms with Gasteiger partial charge in [-0.15, -0.1) is 0 Å². The zero-order chi connectivity index (χ0) is 7.03. The van der Waals surface area contributed by atoms with Crippen LogP contribution in [0.5, 0.6) is 0 Å². The molecule has 0 unspecified atom stereocenters. The van der Waals surface area contributed by atoms with Crippen LogP contribution in [0.15, 0.2) is 0 Å². The molecule has 0 aromatic carbocycles. The number of halogens is 1. The van der Waals surface area contributed by atoms with E-state index < -0.39 is 0 Å². The first-order valence-corrected chi connectivity index (χ1v) is 4.82. The summed E-state index contributed by atoms with van der Waals surface area (Å²) in [5, 5.41) is 0. The van der Waals surface area contributed by atoms with E-state index in [0.717, 1.165) is 19.7 Å². The van der Waals surface area contributed by atoms with E-state index in [-0.39, 0.29) is 0 Å². The average Bonchev–Trinajstić information content (AvgIpc) is 1.87. The van der Waals surface area contributed by atoms with Crippen LogP contribution in [0.3, 0.4) is 0 Å². The van der Waals surface area contributed by atoms with Crippen LogP contribution >= 0.6 is 22.9 Å². The summed E-state index contributed by atoms with van der Waals surface area (Å²) in [5.41, 5.74) is 0.291. The zero-order valence-corrected chi connectivity index (χ0v) is 8.13. The lowest BCUT2D eigenvalue weighted by molar-refractivity contribution is -0.133. The Bertz CT molecular complexity index is 118. The fourth-order valence-corrected chi connectivity index (χ4v) is 2.98. The Kier molecular flexibility index (Phi) is 1.90. The van der Waals surface area contributed by atoms with Crippen molar-refractivity contribution < 1.29 is 4.74 Å². The summed E-state index contributed by atoms with van der Waals surface area (Å²) in [6.07, 6.45) is 3.92. The van der Waals surface area contributed by atoms with Gasteiger partial charge < -0.3 is 4.74 Å². The molecule has 0 atom stereocenters. The maximum atomic E-state index is 5.73. The van der Waals surface area contributed by atoms with Gasteiger partial charge in [-0.2, -0.15) is 0 Å². The third kappa shape index (κ3) is 1.19. The van der Waals surface area contributed by atoms with Gasteiger partial charge in [-0.3, -0.25) is 0 Å². The second kappa shape index (κ2) is 2.60. The van der Waals surface area contributed by atoms with Crippen molar-refractivity contribution >= 4 is 22.9 Å². The molecule has 2 aliphatic rings. The van der Waals surface area contributed by atoms with Gasteiger partial charge in [-0.1, -0.05) is 0 Å². The maximum Gasteiger partial charge on any atom is 0.0951 e. The lowest BCUT2D eigenvalue weighted by atomic mass is 9.88. The molecule has 0 bridgehead atoms. The Hall–Kier alpha value is 0.650. The van der Waals surface area contributed by atoms with Crippen LogP contribution in [-0.4, -0.2) is 28.4 Å². The van der Waals surface area contributed by atoms with Crippen molar-refractivity contribution in [2.45, 2.75) is 24.9 Å². The summed E-state index contributed by atoms with van der Waals surface area (Å²) < 4.78 is 8.02. The second-order valence-electron chi connectivity index (χ2n) is 3.27. The van der Waals surface area contributed by atoms with Crippen LogP contribution in [0.2, 0.25) is 0 Å². The van der Waals surface area contributed by atoms with E-state index in [2.05, 4.69) is 26.0 Å². The SMILES string of the molecule is IN1CC2(CCCCO2)C1. The van der Waals surface area contributed by atoms with E-state index in [1.54, 1.807) is 0 Å². The summed E-state index contributed by atoms with van der Waals surface area (Å²) in [4.78, 5) is 0. The number of hydrogen-bond acceptors (Lipinski definition) is 2. The summed E-state index contributed by atoms with van der Waals surface area (Å²) in [7, 11) is 0. The topological polar surface area (TPSA) is 12.5 Å². The van der Waals surface area contributed by atoms with E-state index in [1.807, 2.05) is 0 Å². The number of hydrogen-bond donors (Lipinski definition) is 0. The molecule has 10 heavy (non-hydrogen) atoms. The molecule has 0 amide bonds. The third-order valence-corrected chi connectivity index (χ3v) is 3.04. The van der Waals surface area contributed by atoms with Crippen molar-refractivity contribution in [1.29, 1.82) is 0 Å². The molecule has 0 aliphatic carbocycles. The summed E-state index contributed by atoms with van der Waals surface area (Å²) in [6.45, 7) is 3.28. The third-order valence-electron chi connectivity index (χ3n) is 2.35. The van der Waals surface area contributed by atoms with E-state index in [9.17, 15) is 0 Å². The smallest absolute Gasteiger partial charge is 0.0951 e. The van der Waals surface area contributed by atoms with Gasteiger partial charge in [0.2, 0.25) is 0 Å². The molecule has 0 N–H and O–H groups in total. The largest absolute Gasteiger partial charge is 0.372 e. The highest BCUT2D eigenvalue weighted by atomic mass is 127. The van der Waals surface area contributed by atoms with Gasteiger partial charge in [0.25, 0.3) is 0 Å². The van der Waals surface area contributed by atoms with Gasteiger partial charge in [0.15, 0.2) is 0 Å². The molecule has 2 nitrogen and oxygen atoms in total. The molecule has 58 valence electrons. The molecule has 1 spiro atoms. The molecular formula is C7H12INO. The highest BCUT2D eigenvalue weighted by Gasteiger charge is 2.43. The number of rotatable bonds is 0. The molecule has 0 aromatic heterocycles. The van der Waals surface area contributed by atoms with E-state index >= 15 is 0 Å². The predicted octanol–water partition coefficient (Wildman–Crippen LogP) is 1.59. The fourth-order valence-electron chi connectivity index (χ4n) is 1.74. The number of nitrogens with zero attached hydrogens (tertiary/aromatic N) is 1. The minimum atomic E-state index is 0.291. The van der Waals surface area contributed by atoms with Crippen molar-refractivity contribution in [1.82, 2.24) is 3.11 Å². The van der Waals surface area contributed by atoms with Crippen LogP contribution in [0, 0.1) is 0 Å². The molecule has 0 aromatic rings. The first-order valence-electron chi connectivity index (χ1n) is 3.85. The van der Waals surface area contributed by atoms with Crippen molar-refractivity contribution in [3.63, 3.8) is 0 Å². The van der Waals surface area contributed by atoms with Gasteiger partial charge in [-0.05, 0) is 19.3 Å². The molecule has 3 heteroatoms. The van der Waals surface area contributed by atoms with Crippen molar-refractivity contribution in [2.24, 2.45) is 0 Å². The Morgan fingerprint density at radius 2 is 2.10 bits per heavy atom. The highest BCUT2D eigenvalue weighted by Crippen LogP contribution is 2.35. The van der Waals surface area contributed by atoms with Crippen LogP contribution in [0.1, 0.15) is 19.3 Å². The van der Waals surface area contributed by atoms with Gasteiger partial charge in [-0.25, -0.2) is 3.11 Å². The van der Waals surface area contributed by atoms with Crippen LogP contribution < -0.4 is 0 Å². The first-order chi connectivity index (χ1) is 4.81. The Morgan fingerprint density at radius 1 is 1.30 bits per heavy atom. The molecule has 0 radical (unpaired) electrons. The highest BCUT2D eigenvalue weighted by molar-refractivity contribution is 14.1. The standard InChI is InChI=1S/C7H12INO/c8-9-5-7(6-9)3-1-2-4-10-7/h1-6H2. The Labute approximate surface area is 75.4 Å². The fraction of sp³-hybridized carbons (Fsp3) is 1.00. The normalized spacial score (nSPS) is 32.1. The molecule has 2 aliphatic heterocycles. The van der Waals surface area contributed by atoms with E-state index in [4.69, 9.17) is 4.74 Å². The van der Waals surface area contributed by atoms with Crippen molar-refractivity contribution in [3.05, 3.63) is 0 Å². The molecule has 2 rings (SSSR count). The molecule has 2 heterocycles. The monoisotopic (exact) mass is 253 g/mol. The molecular weight excluding hydrogens is 241 g/mol. The molecule has 2 fully saturated rings. The van der Waals surface area contributed by atoms with Crippen molar-refractivity contribution in [2.75, 3.05) is 19.7 Å². The minimum absolute atomic E-state index is 0.291. The Balaban J connectivity index is 1.90. The minimum Gasteiger partial charge on any atom is -0.372 e. The second-order valence-corrected chi connectivity index (χ2v) is 4.63. The van der Waals surface area contributed by atoms with Crippen molar-refractivity contribution in [3.8, 4) is 0 Å². The summed E-state index contributed by atoms with van der Waals surface area (Å²) in [6, 6.07) is 0. The summed E-state index contributed by atoms with van der Waals surface area (Å²) in [5.74, 6) is 0. The zero-order valence-electron chi connectivity index (χ0n) is 5.98. The van der Waals surface area contributed by atoms with Gasteiger partial charge >= 0.3 is 0 Å². The van der Waals surface area contributed by atoms with Gasteiger partial charge in [0.1, 0.15) is 0 Å². The quantitative estimate of drug-likeness (QED) is 0.480. The number of ether oxygens (including phenoxy) is 1. The molecule has 0 saturated carbocycles. The average molecular weight is 253 g/mol. The maximum absolute atomic E-state index is 5.73. The van der Waals surface area contributed by atoms with E-state index in [0.29, 0.717) is 5.60 Å². The van der Waals surface area contributed by atoms with Crippen LogP contribution in [-0.2, 0) is 4.74 Å². The summed E-state index contributed by atoms with van der Waals surface area (Å²) >= 11 is 2.36. The van der Waals surface area contributed by atoms with Crippen LogP contribution in [0.25, 0.3) is 0 Å². The van der Waals surface area contributed by atoms with E-state index in [1.165, 1.54) is 19.3 Å². The molecule has 2 saturated heterocycles.